The van der Waals surface area contributed by atoms with Crippen molar-refractivity contribution in [3.63, 3.8) is 0 Å². The summed E-state index contributed by atoms with van der Waals surface area (Å²) in [7, 11) is 0. The van der Waals surface area contributed by atoms with Gasteiger partial charge in [-0.3, -0.25) is 4.90 Å². The minimum Gasteiger partial charge on any atom is -0.377 e. The Bertz CT molecular complexity index is 724. The molecule has 146 valence electrons. The molecule has 1 aromatic carbocycles. The fourth-order valence-corrected chi connectivity index (χ4v) is 4.03. The van der Waals surface area contributed by atoms with Gasteiger partial charge >= 0.3 is 0 Å². The molecule has 0 bridgehead atoms. The summed E-state index contributed by atoms with van der Waals surface area (Å²) < 4.78 is 27.4. The molecule has 0 saturated carbocycles. The number of halogens is 1. The zero-order chi connectivity index (χ0) is 18.5. The van der Waals surface area contributed by atoms with Crippen molar-refractivity contribution in [3.05, 3.63) is 53.6 Å². The van der Waals surface area contributed by atoms with E-state index in [2.05, 4.69) is 16.1 Å². The van der Waals surface area contributed by atoms with E-state index in [1.54, 1.807) is 12.1 Å². The van der Waals surface area contributed by atoms with Crippen LogP contribution in [0.1, 0.15) is 49.6 Å². The van der Waals surface area contributed by atoms with Crippen LogP contribution in [0.2, 0.25) is 0 Å². The molecule has 5 nitrogen and oxygen atoms in total. The van der Waals surface area contributed by atoms with Gasteiger partial charge in [0.15, 0.2) is 6.23 Å². The molecule has 3 heterocycles. The van der Waals surface area contributed by atoms with Crippen molar-refractivity contribution in [3.8, 4) is 0 Å². The smallest absolute Gasteiger partial charge is 0.150 e. The van der Waals surface area contributed by atoms with E-state index in [1.165, 1.54) is 12.5 Å². The summed E-state index contributed by atoms with van der Waals surface area (Å²) >= 11 is 0. The number of aromatic nitrogens is 2. The first-order chi connectivity index (χ1) is 13.3. The van der Waals surface area contributed by atoms with Crippen molar-refractivity contribution in [2.75, 3.05) is 19.8 Å². The molecule has 0 aliphatic carbocycles. The predicted octanol–water partition coefficient (Wildman–Crippen LogP) is 3.90. The third-order valence-electron chi connectivity index (χ3n) is 5.35. The summed E-state index contributed by atoms with van der Waals surface area (Å²) in [6.07, 6.45) is 7.63. The SMILES string of the molecule is Fc1cccc(CN(Cc2ccnn2C2CCCCO2)CC2CCCO2)c1. The van der Waals surface area contributed by atoms with Gasteiger partial charge < -0.3 is 9.47 Å². The Morgan fingerprint density at radius 3 is 2.78 bits per heavy atom. The first-order valence-corrected chi connectivity index (χ1v) is 10.0. The van der Waals surface area contributed by atoms with Crippen LogP contribution in [-0.4, -0.2) is 40.5 Å². The average molecular weight is 373 g/mol. The van der Waals surface area contributed by atoms with Gasteiger partial charge in [-0.05, 0) is 55.9 Å². The quantitative estimate of drug-likeness (QED) is 0.738. The molecular weight excluding hydrogens is 345 g/mol. The van der Waals surface area contributed by atoms with E-state index in [4.69, 9.17) is 9.47 Å². The van der Waals surface area contributed by atoms with Crippen LogP contribution in [0.25, 0.3) is 0 Å². The Labute approximate surface area is 160 Å². The van der Waals surface area contributed by atoms with Crippen LogP contribution in [0.5, 0.6) is 0 Å². The van der Waals surface area contributed by atoms with Crippen molar-refractivity contribution in [2.24, 2.45) is 0 Å². The fourth-order valence-electron chi connectivity index (χ4n) is 4.03. The topological polar surface area (TPSA) is 39.5 Å². The van der Waals surface area contributed by atoms with Gasteiger partial charge in [0, 0.05) is 39.0 Å². The van der Waals surface area contributed by atoms with Crippen LogP contribution < -0.4 is 0 Å². The Balaban J connectivity index is 1.49. The van der Waals surface area contributed by atoms with Crippen molar-refractivity contribution in [1.82, 2.24) is 14.7 Å². The predicted molar refractivity (Wildman–Crippen MR) is 101 cm³/mol. The van der Waals surface area contributed by atoms with E-state index >= 15 is 0 Å². The second kappa shape index (κ2) is 8.95. The lowest BCUT2D eigenvalue weighted by Gasteiger charge is -2.28. The Hall–Kier alpha value is -1.76. The highest BCUT2D eigenvalue weighted by molar-refractivity contribution is 5.16. The molecule has 0 radical (unpaired) electrons. The Morgan fingerprint density at radius 1 is 1.07 bits per heavy atom. The molecule has 2 saturated heterocycles. The highest BCUT2D eigenvalue weighted by Gasteiger charge is 2.23. The Morgan fingerprint density at radius 2 is 2.00 bits per heavy atom. The molecule has 2 unspecified atom stereocenters. The van der Waals surface area contributed by atoms with Crippen LogP contribution in [0.4, 0.5) is 4.39 Å². The molecule has 0 N–H and O–H groups in total. The lowest BCUT2D eigenvalue weighted by molar-refractivity contribution is -0.0424. The van der Waals surface area contributed by atoms with Crippen molar-refractivity contribution in [1.29, 1.82) is 0 Å². The summed E-state index contributed by atoms with van der Waals surface area (Å²) in [5.74, 6) is -0.190. The average Bonchev–Trinajstić information content (AvgIpc) is 3.34. The van der Waals surface area contributed by atoms with Crippen LogP contribution in [-0.2, 0) is 22.6 Å². The van der Waals surface area contributed by atoms with E-state index in [0.29, 0.717) is 6.54 Å². The number of rotatable bonds is 7. The number of benzene rings is 1. The standard InChI is InChI=1S/C21H28FN3O2/c22-18-6-3-5-17(13-18)14-24(16-20-7-4-12-26-20)15-19-9-10-23-25(19)21-8-1-2-11-27-21/h3,5-6,9-10,13,20-21H,1-2,4,7-8,11-12,14-16H2. The minimum absolute atomic E-state index is 0.0301. The molecular formula is C21H28FN3O2. The molecule has 2 atom stereocenters. The number of nitrogens with zero attached hydrogens (tertiary/aromatic N) is 3. The highest BCUT2D eigenvalue weighted by Crippen LogP contribution is 2.24. The van der Waals surface area contributed by atoms with E-state index in [-0.39, 0.29) is 18.1 Å². The summed E-state index contributed by atoms with van der Waals surface area (Å²) in [4.78, 5) is 2.33. The maximum Gasteiger partial charge on any atom is 0.150 e. The largest absolute Gasteiger partial charge is 0.377 e. The molecule has 2 aliphatic heterocycles. The van der Waals surface area contributed by atoms with E-state index in [9.17, 15) is 4.39 Å². The lowest BCUT2D eigenvalue weighted by atomic mass is 10.1. The van der Waals surface area contributed by atoms with Crippen molar-refractivity contribution < 1.29 is 13.9 Å². The molecule has 6 heteroatoms. The van der Waals surface area contributed by atoms with Gasteiger partial charge in [-0.1, -0.05) is 12.1 Å². The van der Waals surface area contributed by atoms with Crippen LogP contribution in [0.15, 0.2) is 36.5 Å². The number of hydrogen-bond acceptors (Lipinski definition) is 4. The van der Waals surface area contributed by atoms with Gasteiger partial charge in [-0.25, -0.2) is 9.07 Å². The van der Waals surface area contributed by atoms with Gasteiger partial charge in [-0.15, -0.1) is 0 Å². The molecule has 1 aromatic heterocycles. The summed E-state index contributed by atoms with van der Waals surface area (Å²) in [6, 6.07) is 8.92. The van der Waals surface area contributed by atoms with Crippen LogP contribution >= 0.6 is 0 Å². The number of hydrogen-bond donors (Lipinski definition) is 0. The molecule has 0 amide bonds. The van der Waals surface area contributed by atoms with Crippen molar-refractivity contribution in [2.45, 2.75) is 57.5 Å². The third kappa shape index (κ3) is 4.94. The summed E-state index contributed by atoms with van der Waals surface area (Å²) in [5, 5.41) is 4.52. The van der Waals surface area contributed by atoms with Gasteiger partial charge in [-0.2, -0.15) is 5.10 Å². The second-order valence-electron chi connectivity index (χ2n) is 7.52. The number of ether oxygens (including phenoxy) is 2. The first kappa shape index (κ1) is 18.6. The van der Waals surface area contributed by atoms with Gasteiger partial charge in [0.2, 0.25) is 0 Å². The van der Waals surface area contributed by atoms with Crippen LogP contribution in [0, 0.1) is 5.82 Å². The monoisotopic (exact) mass is 373 g/mol. The molecule has 27 heavy (non-hydrogen) atoms. The van der Waals surface area contributed by atoms with Gasteiger partial charge in [0.25, 0.3) is 0 Å². The second-order valence-corrected chi connectivity index (χ2v) is 7.52. The highest BCUT2D eigenvalue weighted by atomic mass is 19.1. The zero-order valence-electron chi connectivity index (χ0n) is 15.7. The maximum atomic E-state index is 13.6. The summed E-state index contributed by atoms with van der Waals surface area (Å²) in [5.41, 5.74) is 2.12. The molecule has 4 rings (SSSR count). The third-order valence-corrected chi connectivity index (χ3v) is 5.35. The van der Waals surface area contributed by atoms with Crippen LogP contribution in [0.3, 0.4) is 0 Å². The van der Waals surface area contributed by atoms with Crippen molar-refractivity contribution >= 4 is 0 Å². The first-order valence-electron chi connectivity index (χ1n) is 10.0. The molecule has 2 fully saturated rings. The normalized spacial score (nSPS) is 23.2. The molecule has 2 aliphatic rings. The summed E-state index contributed by atoms with van der Waals surface area (Å²) in [6.45, 7) is 3.91. The van der Waals surface area contributed by atoms with Gasteiger partial charge in [0.05, 0.1) is 11.8 Å². The lowest BCUT2D eigenvalue weighted by Crippen LogP contribution is -2.33. The Kier molecular flexibility index (Phi) is 6.17. The fraction of sp³-hybridized carbons (Fsp3) is 0.571. The molecule has 2 aromatic rings. The maximum absolute atomic E-state index is 13.6. The zero-order valence-corrected chi connectivity index (χ0v) is 15.7. The van der Waals surface area contributed by atoms with Gasteiger partial charge in [0.1, 0.15) is 5.82 Å². The van der Waals surface area contributed by atoms with E-state index in [1.807, 2.05) is 16.9 Å². The van der Waals surface area contributed by atoms with E-state index < -0.39 is 0 Å². The molecule has 0 spiro atoms. The minimum atomic E-state index is -0.190. The van der Waals surface area contributed by atoms with E-state index in [0.717, 1.165) is 63.2 Å².